The molecule has 0 aromatic rings. The van der Waals surface area contributed by atoms with Crippen LogP contribution in [0.5, 0.6) is 0 Å². The highest BCUT2D eigenvalue weighted by atomic mass is 32.2. The summed E-state index contributed by atoms with van der Waals surface area (Å²) >= 11 is 1.80. The molecule has 1 fully saturated rings. The minimum absolute atomic E-state index is 0.0112. The lowest BCUT2D eigenvalue weighted by atomic mass is 9.91. The average Bonchev–Trinajstić information content (AvgIpc) is 2.35. The van der Waals surface area contributed by atoms with E-state index in [1.54, 1.807) is 16.7 Å². The predicted molar refractivity (Wildman–Crippen MR) is 75.6 cm³/mol. The van der Waals surface area contributed by atoms with Crippen molar-refractivity contribution >= 4 is 23.6 Å². The van der Waals surface area contributed by atoms with E-state index in [1.807, 2.05) is 20.8 Å². The standard InChI is InChI=1S/C13H24N2O2S/c1-5-10-11(16)14-13(4,6-2)12(17)15(10)8-9-18-7-3/h10H,5-9H2,1-4H3,(H,14,16). The number of nitrogens with zero attached hydrogens (tertiary/aromatic N) is 1. The van der Waals surface area contributed by atoms with Crippen LogP contribution in [0.4, 0.5) is 0 Å². The van der Waals surface area contributed by atoms with E-state index in [0.29, 0.717) is 19.4 Å². The number of carbonyl (C=O) groups is 2. The third kappa shape index (κ3) is 2.99. The van der Waals surface area contributed by atoms with Crippen molar-refractivity contribution in [3.8, 4) is 0 Å². The summed E-state index contributed by atoms with van der Waals surface area (Å²) in [5.74, 6) is 1.98. The van der Waals surface area contributed by atoms with Crippen LogP contribution in [0, 0.1) is 0 Å². The van der Waals surface area contributed by atoms with Gasteiger partial charge in [0.25, 0.3) is 0 Å². The van der Waals surface area contributed by atoms with Gasteiger partial charge >= 0.3 is 0 Å². The van der Waals surface area contributed by atoms with Crippen LogP contribution in [0.3, 0.4) is 0 Å². The van der Waals surface area contributed by atoms with E-state index in [1.165, 1.54) is 0 Å². The molecule has 5 heteroatoms. The van der Waals surface area contributed by atoms with Gasteiger partial charge in [0.05, 0.1) is 0 Å². The Balaban J connectivity index is 2.84. The zero-order chi connectivity index (χ0) is 13.8. The normalized spacial score (nSPS) is 28.4. The van der Waals surface area contributed by atoms with Gasteiger partial charge in [0, 0.05) is 12.3 Å². The maximum atomic E-state index is 12.5. The van der Waals surface area contributed by atoms with Gasteiger partial charge in [-0.2, -0.15) is 11.8 Å². The molecule has 2 unspecified atom stereocenters. The minimum atomic E-state index is -0.723. The highest BCUT2D eigenvalue weighted by Gasteiger charge is 2.45. The first kappa shape index (κ1) is 15.3. The highest BCUT2D eigenvalue weighted by molar-refractivity contribution is 7.99. The largest absolute Gasteiger partial charge is 0.340 e. The summed E-state index contributed by atoms with van der Waals surface area (Å²) in [4.78, 5) is 26.3. The molecule has 1 heterocycles. The molecule has 1 N–H and O–H groups in total. The van der Waals surface area contributed by atoms with Gasteiger partial charge in [-0.1, -0.05) is 20.8 Å². The number of rotatable bonds is 6. The van der Waals surface area contributed by atoms with E-state index in [4.69, 9.17) is 0 Å². The van der Waals surface area contributed by atoms with Crippen LogP contribution in [0.2, 0.25) is 0 Å². The van der Waals surface area contributed by atoms with Crippen molar-refractivity contribution in [2.24, 2.45) is 0 Å². The van der Waals surface area contributed by atoms with Crippen LogP contribution >= 0.6 is 11.8 Å². The van der Waals surface area contributed by atoms with Gasteiger partial charge in [-0.05, 0) is 25.5 Å². The molecule has 0 aromatic carbocycles. The van der Waals surface area contributed by atoms with E-state index >= 15 is 0 Å². The molecule has 2 amide bonds. The molecule has 2 atom stereocenters. The second-order valence-corrected chi connectivity index (χ2v) is 6.19. The van der Waals surface area contributed by atoms with Gasteiger partial charge in [0.2, 0.25) is 11.8 Å². The van der Waals surface area contributed by atoms with Crippen LogP contribution in [0.1, 0.15) is 40.5 Å². The molecule has 1 saturated heterocycles. The SMILES string of the molecule is CCSCCN1C(=O)C(C)(CC)NC(=O)C1CC. The van der Waals surface area contributed by atoms with Gasteiger partial charge in [0.1, 0.15) is 11.6 Å². The van der Waals surface area contributed by atoms with Crippen LogP contribution in [-0.2, 0) is 9.59 Å². The summed E-state index contributed by atoms with van der Waals surface area (Å²) in [6, 6.07) is -0.297. The average molecular weight is 272 g/mol. The summed E-state index contributed by atoms with van der Waals surface area (Å²) < 4.78 is 0. The first-order chi connectivity index (χ1) is 8.50. The van der Waals surface area contributed by atoms with Crippen molar-refractivity contribution in [1.29, 1.82) is 0 Å². The second kappa shape index (κ2) is 6.45. The fourth-order valence-corrected chi connectivity index (χ4v) is 2.83. The molecule has 1 rings (SSSR count). The van der Waals surface area contributed by atoms with Crippen molar-refractivity contribution in [1.82, 2.24) is 10.2 Å². The summed E-state index contributed by atoms with van der Waals surface area (Å²) in [6.45, 7) is 8.47. The van der Waals surface area contributed by atoms with Crippen molar-refractivity contribution in [2.45, 2.75) is 52.1 Å². The quantitative estimate of drug-likeness (QED) is 0.748. The molecule has 1 aliphatic heterocycles. The van der Waals surface area contributed by atoms with Gasteiger partial charge < -0.3 is 10.2 Å². The van der Waals surface area contributed by atoms with Crippen molar-refractivity contribution < 1.29 is 9.59 Å². The molecular weight excluding hydrogens is 248 g/mol. The fourth-order valence-electron chi connectivity index (χ4n) is 2.22. The molecule has 0 aliphatic carbocycles. The molecule has 0 radical (unpaired) electrons. The van der Waals surface area contributed by atoms with Gasteiger partial charge in [-0.3, -0.25) is 9.59 Å². The molecule has 1 aliphatic rings. The van der Waals surface area contributed by atoms with Crippen molar-refractivity contribution in [3.63, 3.8) is 0 Å². The lowest BCUT2D eigenvalue weighted by Gasteiger charge is -2.44. The summed E-state index contributed by atoms with van der Waals surface area (Å²) in [5.41, 5.74) is -0.723. The van der Waals surface area contributed by atoms with Gasteiger partial charge in [0.15, 0.2) is 0 Å². The van der Waals surface area contributed by atoms with E-state index in [9.17, 15) is 9.59 Å². The number of piperazine rings is 1. The predicted octanol–water partition coefficient (Wildman–Crippen LogP) is 1.65. The third-order valence-electron chi connectivity index (χ3n) is 3.59. The topological polar surface area (TPSA) is 49.4 Å². The third-order valence-corrected chi connectivity index (χ3v) is 4.46. The van der Waals surface area contributed by atoms with Crippen LogP contribution in [0.15, 0.2) is 0 Å². The Hall–Kier alpha value is -0.710. The number of carbonyl (C=O) groups excluding carboxylic acids is 2. The van der Waals surface area contributed by atoms with Crippen molar-refractivity contribution in [3.05, 3.63) is 0 Å². The number of thioether (sulfide) groups is 1. The first-order valence-electron chi connectivity index (χ1n) is 6.71. The molecule has 0 aromatic heterocycles. The fraction of sp³-hybridized carbons (Fsp3) is 0.846. The Labute approximate surface area is 114 Å². The molecule has 0 saturated carbocycles. The summed E-state index contributed by atoms with van der Waals surface area (Å²) in [7, 11) is 0. The van der Waals surface area contributed by atoms with Crippen LogP contribution < -0.4 is 5.32 Å². The molecule has 104 valence electrons. The van der Waals surface area contributed by atoms with E-state index < -0.39 is 5.54 Å². The van der Waals surface area contributed by atoms with Crippen molar-refractivity contribution in [2.75, 3.05) is 18.1 Å². The molecular formula is C13H24N2O2S. The van der Waals surface area contributed by atoms with Gasteiger partial charge in [-0.15, -0.1) is 0 Å². The first-order valence-corrected chi connectivity index (χ1v) is 7.86. The van der Waals surface area contributed by atoms with E-state index in [2.05, 4.69) is 12.2 Å². The maximum absolute atomic E-state index is 12.5. The lowest BCUT2D eigenvalue weighted by molar-refractivity contribution is -0.154. The number of hydrogen-bond acceptors (Lipinski definition) is 3. The highest BCUT2D eigenvalue weighted by Crippen LogP contribution is 2.23. The number of nitrogens with one attached hydrogen (secondary N) is 1. The molecule has 0 spiro atoms. The van der Waals surface area contributed by atoms with Gasteiger partial charge in [-0.25, -0.2) is 0 Å². The van der Waals surface area contributed by atoms with E-state index in [-0.39, 0.29) is 17.9 Å². The maximum Gasteiger partial charge on any atom is 0.248 e. The summed E-state index contributed by atoms with van der Waals surface area (Å²) in [5, 5.41) is 2.88. The minimum Gasteiger partial charge on any atom is -0.340 e. The smallest absolute Gasteiger partial charge is 0.248 e. The van der Waals surface area contributed by atoms with E-state index in [0.717, 1.165) is 11.5 Å². The zero-order valence-corrected chi connectivity index (χ0v) is 12.6. The molecule has 0 bridgehead atoms. The molecule has 18 heavy (non-hydrogen) atoms. The zero-order valence-electron chi connectivity index (χ0n) is 11.8. The Bertz CT molecular complexity index is 322. The number of amides is 2. The monoisotopic (exact) mass is 272 g/mol. The van der Waals surface area contributed by atoms with Crippen LogP contribution in [-0.4, -0.2) is 46.3 Å². The molecule has 4 nitrogen and oxygen atoms in total. The Kier molecular flexibility index (Phi) is 5.50. The Morgan fingerprint density at radius 3 is 2.50 bits per heavy atom. The lowest BCUT2D eigenvalue weighted by Crippen LogP contribution is -2.69. The number of hydrogen-bond donors (Lipinski definition) is 1. The second-order valence-electron chi connectivity index (χ2n) is 4.79. The Morgan fingerprint density at radius 1 is 1.33 bits per heavy atom. The Morgan fingerprint density at radius 2 is 2.00 bits per heavy atom. The van der Waals surface area contributed by atoms with Crippen LogP contribution in [0.25, 0.3) is 0 Å². The summed E-state index contributed by atoms with van der Waals surface area (Å²) in [6.07, 6.45) is 1.31.